The molecule has 35 heavy (non-hydrogen) atoms. The van der Waals surface area contributed by atoms with E-state index in [1.54, 1.807) is 4.68 Å². The Labute approximate surface area is 215 Å². The Bertz CT molecular complexity index is 1200. The summed E-state index contributed by atoms with van der Waals surface area (Å²) in [5.74, 6) is -1.51. The molecule has 7 nitrogen and oxygen atoms in total. The summed E-state index contributed by atoms with van der Waals surface area (Å²) in [5, 5.41) is 30.7. The maximum absolute atomic E-state index is 13.7. The maximum atomic E-state index is 13.7. The van der Waals surface area contributed by atoms with Crippen molar-refractivity contribution in [3.63, 3.8) is 0 Å². The van der Waals surface area contributed by atoms with Crippen LogP contribution in [0.15, 0.2) is 48.7 Å². The molecule has 10 heteroatoms. The summed E-state index contributed by atoms with van der Waals surface area (Å²) < 4.78 is 30.2. The van der Waals surface area contributed by atoms with Crippen molar-refractivity contribution in [2.24, 2.45) is 7.05 Å². The van der Waals surface area contributed by atoms with Gasteiger partial charge in [0.1, 0.15) is 11.6 Å². The summed E-state index contributed by atoms with van der Waals surface area (Å²) in [5.41, 5.74) is 3.01. The average molecular weight is 596 g/mol. The van der Waals surface area contributed by atoms with Crippen LogP contribution < -0.4 is 10.6 Å². The van der Waals surface area contributed by atoms with Gasteiger partial charge in [-0.2, -0.15) is 5.10 Å². The molecule has 3 aromatic rings. The van der Waals surface area contributed by atoms with Crippen LogP contribution in [0.2, 0.25) is 0 Å². The smallest absolute Gasteiger partial charge is 0.404 e. The summed E-state index contributed by atoms with van der Waals surface area (Å²) >= 11 is 2.27. The number of halogens is 3. The van der Waals surface area contributed by atoms with Crippen molar-refractivity contribution in [1.82, 2.24) is 20.4 Å². The van der Waals surface area contributed by atoms with E-state index in [-0.39, 0.29) is 18.5 Å². The van der Waals surface area contributed by atoms with Crippen LogP contribution in [0.3, 0.4) is 0 Å². The van der Waals surface area contributed by atoms with Crippen molar-refractivity contribution in [2.45, 2.75) is 43.4 Å². The number of fused-ring (bicyclic) bond motifs is 1. The van der Waals surface area contributed by atoms with E-state index >= 15 is 0 Å². The summed E-state index contributed by atoms with van der Waals surface area (Å²) in [4.78, 5) is 11.4. The Morgan fingerprint density at radius 1 is 1.26 bits per heavy atom. The van der Waals surface area contributed by atoms with Gasteiger partial charge in [-0.15, -0.1) is 0 Å². The molecule has 4 rings (SSSR count). The molecule has 0 radical (unpaired) electrons. The lowest BCUT2D eigenvalue weighted by Gasteiger charge is -2.40. The lowest BCUT2D eigenvalue weighted by atomic mass is 9.75. The van der Waals surface area contributed by atoms with Crippen LogP contribution in [0, 0.1) is 15.2 Å². The number of aryl methyl sites for hydroxylation is 2. The van der Waals surface area contributed by atoms with Crippen molar-refractivity contribution in [1.29, 1.82) is 0 Å². The first-order valence-electron chi connectivity index (χ1n) is 11.3. The lowest BCUT2D eigenvalue weighted by molar-refractivity contribution is 0.104. The third-order valence-electron chi connectivity index (χ3n) is 6.45. The molecule has 4 N–H and O–H groups in total. The molecule has 1 aliphatic carbocycles. The highest BCUT2D eigenvalue weighted by molar-refractivity contribution is 14.1. The van der Waals surface area contributed by atoms with Gasteiger partial charge in [-0.25, -0.2) is 13.6 Å². The minimum Gasteiger partial charge on any atom is -0.465 e. The topological polar surface area (TPSA) is 99.4 Å². The zero-order chi connectivity index (χ0) is 25.2. The summed E-state index contributed by atoms with van der Waals surface area (Å²) in [7, 11) is 1.89. The fourth-order valence-corrected chi connectivity index (χ4v) is 5.38. The van der Waals surface area contributed by atoms with Gasteiger partial charge in [0, 0.05) is 35.0 Å². The maximum Gasteiger partial charge on any atom is 0.404 e. The third-order valence-corrected chi connectivity index (χ3v) is 7.12. The molecule has 1 aromatic heterocycles. The van der Waals surface area contributed by atoms with Crippen LogP contribution in [0.25, 0.3) is 0 Å². The molecule has 1 amide bonds. The van der Waals surface area contributed by atoms with Gasteiger partial charge in [-0.05, 0) is 89.2 Å². The molecule has 0 bridgehead atoms. The van der Waals surface area contributed by atoms with Crippen LogP contribution >= 0.6 is 22.6 Å². The van der Waals surface area contributed by atoms with Gasteiger partial charge in [0.25, 0.3) is 0 Å². The first kappa shape index (κ1) is 25.5. The SMILES string of the molecule is Cn1cc2c(n1)CCC(NC[C@@H](O)[C@H](Cc1cc(F)cc(F)c1)NC(=O)O)(c1cccc(I)c1)C2. The Balaban J connectivity index is 1.57. The molecular weight excluding hydrogens is 569 g/mol. The second-order valence-corrected chi connectivity index (χ2v) is 10.3. The Morgan fingerprint density at radius 2 is 2.00 bits per heavy atom. The van der Waals surface area contributed by atoms with E-state index in [9.17, 15) is 23.8 Å². The number of carboxylic acid groups (broad SMARTS) is 1. The van der Waals surface area contributed by atoms with Gasteiger partial charge in [0.15, 0.2) is 0 Å². The molecular formula is C25H27F2IN4O3. The van der Waals surface area contributed by atoms with E-state index in [0.717, 1.165) is 51.4 Å². The Kier molecular flexibility index (Phi) is 7.72. The van der Waals surface area contributed by atoms with E-state index in [1.165, 1.54) is 0 Å². The molecule has 2 aromatic carbocycles. The van der Waals surface area contributed by atoms with Gasteiger partial charge >= 0.3 is 6.09 Å². The van der Waals surface area contributed by atoms with Crippen LogP contribution in [0.5, 0.6) is 0 Å². The number of aliphatic hydroxyl groups is 1. The normalized spacial score (nSPS) is 19.1. The van der Waals surface area contributed by atoms with Gasteiger partial charge in [0.2, 0.25) is 0 Å². The van der Waals surface area contributed by atoms with E-state index in [0.29, 0.717) is 6.42 Å². The third kappa shape index (κ3) is 6.17. The van der Waals surface area contributed by atoms with Crippen molar-refractivity contribution in [3.05, 3.63) is 86.3 Å². The predicted molar refractivity (Wildman–Crippen MR) is 135 cm³/mol. The zero-order valence-corrected chi connectivity index (χ0v) is 21.3. The molecule has 0 saturated heterocycles. The molecule has 3 atom stereocenters. The number of nitrogens with one attached hydrogen (secondary N) is 2. The summed E-state index contributed by atoms with van der Waals surface area (Å²) in [6.07, 6.45) is 1.63. The highest BCUT2D eigenvalue weighted by atomic mass is 127. The molecule has 0 fully saturated rings. The predicted octanol–water partition coefficient (Wildman–Crippen LogP) is 3.52. The molecule has 186 valence electrons. The first-order chi connectivity index (χ1) is 16.6. The molecule has 0 spiro atoms. The van der Waals surface area contributed by atoms with Gasteiger partial charge in [-0.3, -0.25) is 4.68 Å². The number of benzene rings is 2. The number of hydrogen-bond donors (Lipinski definition) is 4. The number of nitrogens with zero attached hydrogens (tertiary/aromatic N) is 2. The van der Waals surface area contributed by atoms with Crippen LogP contribution in [0.4, 0.5) is 13.6 Å². The number of aliphatic hydroxyl groups excluding tert-OH is 1. The number of carbonyl (C=O) groups is 1. The van der Waals surface area contributed by atoms with Gasteiger partial charge in [0.05, 0.1) is 17.8 Å². The largest absolute Gasteiger partial charge is 0.465 e. The Hall–Kier alpha value is -2.57. The minimum absolute atomic E-state index is 0.0627. The summed E-state index contributed by atoms with van der Waals surface area (Å²) in [6.45, 7) is 0.0732. The van der Waals surface area contributed by atoms with E-state index < -0.39 is 35.4 Å². The molecule has 0 aliphatic heterocycles. The lowest BCUT2D eigenvalue weighted by Crippen LogP contribution is -2.54. The fourth-order valence-electron chi connectivity index (χ4n) is 4.84. The van der Waals surface area contributed by atoms with Crippen LogP contribution in [-0.2, 0) is 31.8 Å². The summed E-state index contributed by atoms with van der Waals surface area (Å²) in [6, 6.07) is 10.2. The van der Waals surface area contributed by atoms with Crippen LogP contribution in [0.1, 0.15) is 28.8 Å². The van der Waals surface area contributed by atoms with Crippen LogP contribution in [-0.4, -0.2) is 44.8 Å². The van der Waals surface area contributed by atoms with Gasteiger partial charge in [-0.1, -0.05) is 12.1 Å². The molecule has 1 unspecified atom stereocenters. The van der Waals surface area contributed by atoms with Crippen molar-refractivity contribution >= 4 is 28.7 Å². The standard InChI is InChI=1S/C25H27F2IN4O3/c1-32-14-16-12-25(6-5-21(16)31-32,17-3-2-4-20(28)10-17)29-13-23(33)22(30-24(34)35)9-15-7-18(26)11-19(27)8-15/h2-4,7-8,10-11,14,22-23,29-30,33H,5-6,9,12-13H2,1H3,(H,34,35)/t22-,23+,25?/m0/s1. The molecule has 0 saturated carbocycles. The number of rotatable bonds is 8. The quantitative estimate of drug-likeness (QED) is 0.299. The van der Waals surface area contributed by atoms with E-state index in [2.05, 4.69) is 44.4 Å². The minimum atomic E-state index is -1.32. The van der Waals surface area contributed by atoms with Gasteiger partial charge < -0.3 is 20.8 Å². The fraction of sp³-hybridized carbons (Fsp3) is 0.360. The van der Waals surface area contributed by atoms with E-state index in [1.807, 2.05) is 31.4 Å². The van der Waals surface area contributed by atoms with Crippen molar-refractivity contribution < 1.29 is 23.8 Å². The van der Waals surface area contributed by atoms with E-state index in [4.69, 9.17) is 0 Å². The zero-order valence-electron chi connectivity index (χ0n) is 19.1. The Morgan fingerprint density at radius 3 is 2.69 bits per heavy atom. The number of amides is 1. The number of hydrogen-bond acceptors (Lipinski definition) is 4. The highest BCUT2D eigenvalue weighted by Crippen LogP contribution is 2.36. The first-order valence-corrected chi connectivity index (χ1v) is 12.4. The van der Waals surface area contributed by atoms with Crippen molar-refractivity contribution in [2.75, 3.05) is 6.54 Å². The monoisotopic (exact) mass is 596 g/mol. The molecule has 1 aliphatic rings. The second-order valence-electron chi connectivity index (χ2n) is 9.03. The number of aromatic nitrogens is 2. The highest BCUT2D eigenvalue weighted by Gasteiger charge is 2.38. The average Bonchev–Trinajstić information content (AvgIpc) is 3.15. The second kappa shape index (κ2) is 10.6. The van der Waals surface area contributed by atoms with Crippen molar-refractivity contribution in [3.8, 4) is 0 Å². The molecule has 1 heterocycles.